The molecule has 2 aromatic carbocycles. The highest BCUT2D eigenvalue weighted by Gasteiger charge is 2.16. The van der Waals surface area contributed by atoms with Crippen LogP contribution in [-0.2, 0) is 13.0 Å². The van der Waals surface area contributed by atoms with E-state index in [-0.39, 0.29) is 12.2 Å². The van der Waals surface area contributed by atoms with Gasteiger partial charge >= 0.3 is 0 Å². The molecule has 170 valence electrons. The molecule has 0 radical (unpaired) electrons. The number of carbonyl (C=O) groups is 1. The minimum atomic E-state index is -0.0505. The predicted octanol–water partition coefficient (Wildman–Crippen LogP) is 4.69. The maximum Gasteiger partial charge on any atom is 0.188 e. The first kappa shape index (κ1) is 20.7. The summed E-state index contributed by atoms with van der Waals surface area (Å²) in [6, 6.07) is 18.1. The number of nitrogens with zero attached hydrogens (tertiary/aromatic N) is 5. The van der Waals surface area contributed by atoms with Crippen LogP contribution in [0, 0.1) is 0 Å². The molecule has 6 rings (SSSR count). The van der Waals surface area contributed by atoms with Crippen molar-refractivity contribution in [2.75, 3.05) is 0 Å². The zero-order valence-electron chi connectivity index (χ0n) is 18.7. The minimum Gasteiger partial charge on any atom is -0.292 e. The third-order valence-corrected chi connectivity index (χ3v) is 5.98. The zero-order valence-corrected chi connectivity index (χ0v) is 18.7. The summed E-state index contributed by atoms with van der Waals surface area (Å²) in [4.78, 5) is 17.2. The van der Waals surface area contributed by atoms with Crippen molar-refractivity contribution >= 4 is 16.7 Å². The highest BCUT2D eigenvalue weighted by molar-refractivity contribution is 6.07. The van der Waals surface area contributed by atoms with Gasteiger partial charge in [0, 0.05) is 42.2 Å². The molecule has 0 amide bonds. The fourth-order valence-electron chi connectivity index (χ4n) is 4.24. The average Bonchev–Trinajstić information content (AvgIpc) is 3.66. The van der Waals surface area contributed by atoms with Crippen molar-refractivity contribution in [1.82, 2.24) is 35.2 Å². The first-order chi connectivity index (χ1) is 17.2. The summed E-state index contributed by atoms with van der Waals surface area (Å²) in [5.74, 6) is -0.0505. The lowest BCUT2D eigenvalue weighted by atomic mass is 10.0. The second kappa shape index (κ2) is 8.83. The van der Waals surface area contributed by atoms with Gasteiger partial charge in [0.05, 0.1) is 24.5 Å². The van der Waals surface area contributed by atoms with Crippen LogP contribution in [0.3, 0.4) is 0 Å². The Balaban J connectivity index is 1.17. The maximum atomic E-state index is 13.0. The molecule has 4 heterocycles. The molecule has 0 aliphatic rings. The molecule has 0 fully saturated rings. The Bertz CT molecular complexity index is 1610. The van der Waals surface area contributed by atoms with E-state index in [4.69, 9.17) is 0 Å². The van der Waals surface area contributed by atoms with E-state index in [0.717, 1.165) is 44.3 Å². The van der Waals surface area contributed by atoms with Crippen molar-refractivity contribution in [3.8, 4) is 22.3 Å². The molecule has 0 saturated heterocycles. The van der Waals surface area contributed by atoms with E-state index in [1.54, 1.807) is 18.6 Å². The number of pyridine rings is 1. The number of H-pyrrole nitrogens is 2. The smallest absolute Gasteiger partial charge is 0.188 e. The third kappa shape index (κ3) is 4.24. The van der Waals surface area contributed by atoms with Crippen molar-refractivity contribution in [2.45, 2.75) is 13.0 Å². The Kier molecular flexibility index (Phi) is 5.23. The molecule has 6 aromatic rings. The van der Waals surface area contributed by atoms with Crippen LogP contribution in [0.4, 0.5) is 0 Å². The summed E-state index contributed by atoms with van der Waals surface area (Å²) in [6.07, 6.45) is 11.1. The summed E-state index contributed by atoms with van der Waals surface area (Å²) in [5, 5.41) is 19.4. The number of aromatic amines is 2. The molecular weight excluding hydrogens is 438 g/mol. The Morgan fingerprint density at radius 2 is 1.80 bits per heavy atom. The van der Waals surface area contributed by atoms with Crippen LogP contribution >= 0.6 is 0 Å². The summed E-state index contributed by atoms with van der Waals surface area (Å²) in [7, 11) is 0. The SMILES string of the molecule is O=C(Cc1cnn(Cc2cccc(-c3cccnc3)c2)c1)c1n[nH]c2cc(-c3cn[nH]c3)ccc12. The van der Waals surface area contributed by atoms with E-state index in [1.807, 2.05) is 59.7 Å². The predicted molar refractivity (Wildman–Crippen MR) is 133 cm³/mol. The van der Waals surface area contributed by atoms with Gasteiger partial charge in [-0.25, -0.2) is 0 Å². The lowest BCUT2D eigenvalue weighted by Gasteiger charge is -2.06. The molecule has 0 spiro atoms. The number of carbonyl (C=O) groups excluding carboxylic acids is 1. The molecule has 0 bridgehead atoms. The van der Waals surface area contributed by atoms with Crippen LogP contribution < -0.4 is 0 Å². The topological polar surface area (TPSA) is 105 Å². The monoisotopic (exact) mass is 459 g/mol. The molecule has 0 unspecified atom stereocenters. The normalized spacial score (nSPS) is 11.2. The first-order valence-corrected chi connectivity index (χ1v) is 11.2. The third-order valence-electron chi connectivity index (χ3n) is 5.98. The van der Waals surface area contributed by atoms with Gasteiger partial charge in [-0.05, 0) is 52.1 Å². The number of ketones is 1. The summed E-state index contributed by atoms with van der Waals surface area (Å²) < 4.78 is 1.85. The van der Waals surface area contributed by atoms with E-state index in [2.05, 4.69) is 48.7 Å². The van der Waals surface area contributed by atoms with Crippen LogP contribution in [0.2, 0.25) is 0 Å². The van der Waals surface area contributed by atoms with Gasteiger partial charge in [-0.15, -0.1) is 0 Å². The number of Topliss-reactive ketones (excluding diaryl/α,β-unsaturated/α-hetero) is 1. The van der Waals surface area contributed by atoms with Crippen molar-refractivity contribution in [3.05, 3.63) is 109 Å². The van der Waals surface area contributed by atoms with Gasteiger partial charge in [0.2, 0.25) is 0 Å². The highest BCUT2D eigenvalue weighted by atomic mass is 16.1. The van der Waals surface area contributed by atoms with E-state index in [0.29, 0.717) is 12.2 Å². The largest absolute Gasteiger partial charge is 0.292 e. The van der Waals surface area contributed by atoms with E-state index in [9.17, 15) is 4.79 Å². The Hall–Kier alpha value is -4.85. The van der Waals surface area contributed by atoms with Crippen molar-refractivity contribution in [1.29, 1.82) is 0 Å². The number of rotatable bonds is 7. The summed E-state index contributed by atoms with van der Waals surface area (Å²) in [6.45, 7) is 0.615. The maximum absolute atomic E-state index is 13.0. The fraction of sp³-hybridized carbons (Fsp3) is 0.0741. The Morgan fingerprint density at radius 1 is 0.886 bits per heavy atom. The van der Waals surface area contributed by atoms with Crippen LogP contribution in [0.25, 0.3) is 33.2 Å². The average molecular weight is 460 g/mol. The highest BCUT2D eigenvalue weighted by Crippen LogP contribution is 2.25. The summed E-state index contributed by atoms with van der Waals surface area (Å²) in [5.41, 5.74) is 7.40. The Morgan fingerprint density at radius 3 is 2.66 bits per heavy atom. The number of benzene rings is 2. The molecule has 0 aliphatic heterocycles. The van der Waals surface area contributed by atoms with E-state index < -0.39 is 0 Å². The molecule has 0 aliphatic carbocycles. The molecule has 8 nitrogen and oxygen atoms in total. The van der Waals surface area contributed by atoms with E-state index in [1.165, 1.54) is 0 Å². The van der Waals surface area contributed by atoms with Gasteiger partial charge in [0.15, 0.2) is 5.78 Å². The number of nitrogens with one attached hydrogen (secondary N) is 2. The van der Waals surface area contributed by atoms with E-state index >= 15 is 0 Å². The lowest BCUT2D eigenvalue weighted by molar-refractivity contribution is 0.0989. The van der Waals surface area contributed by atoms with Crippen LogP contribution in [0.5, 0.6) is 0 Å². The van der Waals surface area contributed by atoms with Gasteiger partial charge in [0.1, 0.15) is 5.69 Å². The Labute approximate surface area is 200 Å². The van der Waals surface area contributed by atoms with Gasteiger partial charge < -0.3 is 0 Å². The first-order valence-electron chi connectivity index (χ1n) is 11.2. The molecule has 35 heavy (non-hydrogen) atoms. The van der Waals surface area contributed by atoms with Crippen molar-refractivity contribution < 1.29 is 4.79 Å². The number of aromatic nitrogens is 7. The minimum absolute atomic E-state index is 0.0505. The zero-order chi connectivity index (χ0) is 23.6. The lowest BCUT2D eigenvalue weighted by Crippen LogP contribution is -2.04. The molecule has 8 heteroatoms. The van der Waals surface area contributed by atoms with Crippen LogP contribution in [-0.4, -0.2) is 40.9 Å². The molecule has 0 atom stereocenters. The second-order valence-electron chi connectivity index (χ2n) is 8.41. The number of hydrogen-bond acceptors (Lipinski definition) is 5. The van der Waals surface area contributed by atoms with Crippen LogP contribution in [0.1, 0.15) is 21.6 Å². The second-order valence-corrected chi connectivity index (χ2v) is 8.41. The van der Waals surface area contributed by atoms with Crippen LogP contribution in [0.15, 0.2) is 91.8 Å². The standard InChI is InChI=1S/C27H21N7O/c35-26(27-24-7-6-21(11-25(24)32-33-27)23-14-29-30-15-23)10-19-12-31-34(17-19)16-18-3-1-4-20(9-18)22-5-2-8-28-13-22/h1-9,11-15,17H,10,16H2,(H,29,30)(H,32,33). The van der Waals surface area contributed by atoms with Gasteiger partial charge in [0.25, 0.3) is 0 Å². The van der Waals surface area contributed by atoms with Gasteiger partial charge in [-0.3, -0.25) is 24.7 Å². The number of fused-ring (bicyclic) bond motifs is 1. The molecule has 2 N–H and O–H groups in total. The van der Waals surface area contributed by atoms with Gasteiger partial charge in [-0.2, -0.15) is 15.3 Å². The fourth-order valence-corrected chi connectivity index (χ4v) is 4.24. The molecule has 4 aromatic heterocycles. The molecular formula is C27H21N7O. The molecule has 0 saturated carbocycles. The number of hydrogen-bond donors (Lipinski definition) is 2. The van der Waals surface area contributed by atoms with Crippen molar-refractivity contribution in [3.63, 3.8) is 0 Å². The van der Waals surface area contributed by atoms with Gasteiger partial charge in [-0.1, -0.05) is 30.3 Å². The quantitative estimate of drug-likeness (QED) is 0.337. The van der Waals surface area contributed by atoms with Crippen molar-refractivity contribution in [2.24, 2.45) is 0 Å². The summed E-state index contributed by atoms with van der Waals surface area (Å²) >= 11 is 0.